The van der Waals surface area contributed by atoms with Crippen LogP contribution < -0.4 is 0 Å². The smallest absolute Gasteiger partial charge is 0.306 e. The molecule has 6 unspecified atom stereocenters. The second kappa shape index (κ2) is 37.7. The first-order chi connectivity index (χ1) is 27.4. The molecule has 4 N–H and O–H groups in total. The van der Waals surface area contributed by atoms with E-state index in [-0.39, 0.29) is 25.6 Å². The number of carbonyl (C=O) groups is 1. The van der Waals surface area contributed by atoms with E-state index in [0.29, 0.717) is 13.0 Å². The van der Waals surface area contributed by atoms with E-state index in [4.69, 9.17) is 18.9 Å². The number of aliphatic hydroxyl groups is 4. The zero-order valence-corrected chi connectivity index (χ0v) is 34.6. The van der Waals surface area contributed by atoms with Crippen LogP contribution >= 0.6 is 0 Å². The van der Waals surface area contributed by atoms with Crippen molar-refractivity contribution in [2.45, 2.75) is 166 Å². The number of rotatable bonds is 34. The number of aliphatic hydroxyl groups excluding tert-OH is 4. The molecule has 0 amide bonds. The van der Waals surface area contributed by atoms with Gasteiger partial charge in [0.1, 0.15) is 30.5 Å². The van der Waals surface area contributed by atoms with E-state index in [1.54, 1.807) is 0 Å². The van der Waals surface area contributed by atoms with Crippen LogP contribution in [0.3, 0.4) is 0 Å². The highest BCUT2D eigenvalue weighted by Crippen LogP contribution is 2.22. The van der Waals surface area contributed by atoms with Crippen molar-refractivity contribution in [2.75, 3.05) is 26.4 Å². The molecule has 9 nitrogen and oxygen atoms in total. The fraction of sp³-hybridized carbons (Fsp3) is 0.638. The Balaban J connectivity index is 2.33. The Kier molecular flexibility index (Phi) is 34.4. The van der Waals surface area contributed by atoms with Crippen LogP contribution in [0.1, 0.15) is 129 Å². The lowest BCUT2D eigenvalue weighted by Crippen LogP contribution is -2.59. The monoisotopic (exact) mass is 785 g/mol. The molecule has 6 atom stereocenters. The van der Waals surface area contributed by atoms with E-state index in [9.17, 15) is 25.2 Å². The van der Waals surface area contributed by atoms with Gasteiger partial charge in [-0.2, -0.15) is 0 Å². The Morgan fingerprint density at radius 2 is 1.04 bits per heavy atom. The topological polar surface area (TPSA) is 135 Å². The lowest BCUT2D eigenvalue weighted by Gasteiger charge is -2.39. The number of allylic oxidation sites excluding steroid dienone is 16. The summed E-state index contributed by atoms with van der Waals surface area (Å²) in [6.45, 7) is 4.19. The lowest BCUT2D eigenvalue weighted by atomic mass is 9.99. The summed E-state index contributed by atoms with van der Waals surface area (Å²) in [6.07, 6.45) is 44.4. The standard InChI is InChI=1S/C47H76O9/c1-3-5-7-9-11-13-15-17-18-19-20-21-22-23-25-27-29-31-33-35-37-53-39-41(40-54-47-46(52)45(51)44(50)42(38-48)56-47)55-43(49)36-34-32-30-28-26-24-16-14-12-10-8-6-4-2/h5-8,11-14,17-18,20-21,23-26,41-42,44-48,50-52H,3-4,9-10,15-16,19,22,27-40H2,1-2H3/b7-5-,8-6-,13-11-,14-12-,18-17-,21-20-,25-23-,26-24-. The van der Waals surface area contributed by atoms with Gasteiger partial charge in [-0.1, -0.05) is 130 Å². The van der Waals surface area contributed by atoms with Crippen molar-refractivity contribution >= 4 is 5.97 Å². The molecule has 0 aliphatic carbocycles. The summed E-state index contributed by atoms with van der Waals surface area (Å²) in [4.78, 5) is 12.7. The van der Waals surface area contributed by atoms with Crippen LogP contribution in [0.25, 0.3) is 0 Å². The third kappa shape index (κ3) is 28.5. The Hall–Kier alpha value is -2.89. The SMILES string of the molecule is CC/C=C\C/C=C\C/C=C\C/C=C\C/C=C\CCCCCCOCC(COC1OC(CO)C(O)C(O)C1O)OC(=O)CCCCC/C=C\C/C=C\C/C=C\CC. The highest BCUT2D eigenvalue weighted by molar-refractivity contribution is 5.69. The van der Waals surface area contributed by atoms with Gasteiger partial charge >= 0.3 is 5.97 Å². The van der Waals surface area contributed by atoms with E-state index in [1.165, 1.54) is 0 Å². The molecule has 0 saturated carbocycles. The fourth-order valence-electron chi connectivity index (χ4n) is 5.71. The largest absolute Gasteiger partial charge is 0.457 e. The Morgan fingerprint density at radius 1 is 0.571 bits per heavy atom. The minimum atomic E-state index is -1.55. The van der Waals surface area contributed by atoms with E-state index >= 15 is 0 Å². The molecule has 9 heteroatoms. The Bertz CT molecular complexity index is 1170. The summed E-state index contributed by atoms with van der Waals surface area (Å²) < 4.78 is 22.7. The zero-order chi connectivity index (χ0) is 40.7. The maximum absolute atomic E-state index is 12.7. The van der Waals surface area contributed by atoms with Crippen LogP contribution in [0.4, 0.5) is 0 Å². The molecule has 0 aromatic carbocycles. The second-order valence-electron chi connectivity index (χ2n) is 14.0. The van der Waals surface area contributed by atoms with E-state index in [0.717, 1.165) is 103 Å². The van der Waals surface area contributed by atoms with Crippen molar-refractivity contribution in [3.05, 3.63) is 97.2 Å². The van der Waals surface area contributed by atoms with Crippen LogP contribution in [0.15, 0.2) is 97.2 Å². The van der Waals surface area contributed by atoms with Gasteiger partial charge in [0, 0.05) is 13.0 Å². The highest BCUT2D eigenvalue weighted by Gasteiger charge is 2.44. The molecule has 1 saturated heterocycles. The first-order valence-electron chi connectivity index (χ1n) is 21.3. The maximum Gasteiger partial charge on any atom is 0.306 e. The lowest BCUT2D eigenvalue weighted by molar-refractivity contribution is -0.305. The number of hydrogen-bond donors (Lipinski definition) is 4. The van der Waals surface area contributed by atoms with Crippen molar-refractivity contribution in [1.82, 2.24) is 0 Å². The van der Waals surface area contributed by atoms with Crippen LogP contribution in [0.2, 0.25) is 0 Å². The van der Waals surface area contributed by atoms with Gasteiger partial charge < -0.3 is 39.4 Å². The summed E-state index contributed by atoms with van der Waals surface area (Å²) >= 11 is 0. The summed E-state index contributed by atoms with van der Waals surface area (Å²) in [6, 6.07) is 0. The first-order valence-corrected chi connectivity index (χ1v) is 21.3. The Labute approximate surface area is 339 Å². The fourth-order valence-corrected chi connectivity index (χ4v) is 5.71. The minimum absolute atomic E-state index is 0.108. The van der Waals surface area contributed by atoms with Gasteiger partial charge in [0.25, 0.3) is 0 Å². The van der Waals surface area contributed by atoms with Gasteiger partial charge in [-0.05, 0) is 89.9 Å². The summed E-state index contributed by atoms with van der Waals surface area (Å²) in [5.41, 5.74) is 0. The van der Waals surface area contributed by atoms with Gasteiger partial charge in [0.2, 0.25) is 0 Å². The zero-order valence-electron chi connectivity index (χ0n) is 34.6. The molecule has 1 aliphatic heterocycles. The third-order valence-corrected chi connectivity index (χ3v) is 9.00. The molecular formula is C47H76O9. The van der Waals surface area contributed by atoms with Crippen LogP contribution in [-0.4, -0.2) is 89.6 Å². The van der Waals surface area contributed by atoms with E-state index in [1.807, 2.05) is 0 Å². The molecule has 1 rings (SSSR count). The van der Waals surface area contributed by atoms with E-state index in [2.05, 4.69) is 111 Å². The van der Waals surface area contributed by atoms with Gasteiger partial charge in [0.15, 0.2) is 6.29 Å². The predicted octanol–water partition coefficient (Wildman–Crippen LogP) is 9.24. The van der Waals surface area contributed by atoms with Crippen LogP contribution in [-0.2, 0) is 23.7 Å². The summed E-state index contributed by atoms with van der Waals surface area (Å²) in [7, 11) is 0. The van der Waals surface area contributed by atoms with Crippen molar-refractivity contribution in [3.63, 3.8) is 0 Å². The molecule has 0 radical (unpaired) electrons. The molecular weight excluding hydrogens is 709 g/mol. The molecule has 1 aliphatic rings. The van der Waals surface area contributed by atoms with Gasteiger partial charge in [0.05, 0.1) is 19.8 Å². The number of ether oxygens (including phenoxy) is 4. The second-order valence-corrected chi connectivity index (χ2v) is 14.0. The third-order valence-electron chi connectivity index (χ3n) is 9.00. The van der Waals surface area contributed by atoms with Crippen molar-refractivity contribution in [2.24, 2.45) is 0 Å². The number of unbranched alkanes of at least 4 members (excludes halogenated alkanes) is 7. The average Bonchev–Trinajstić information content (AvgIpc) is 3.20. The van der Waals surface area contributed by atoms with Crippen LogP contribution in [0, 0.1) is 0 Å². The molecule has 56 heavy (non-hydrogen) atoms. The predicted molar refractivity (Wildman–Crippen MR) is 228 cm³/mol. The van der Waals surface area contributed by atoms with Crippen LogP contribution in [0.5, 0.6) is 0 Å². The summed E-state index contributed by atoms with van der Waals surface area (Å²) in [5, 5.41) is 40.0. The quantitative estimate of drug-likeness (QED) is 0.0286. The first kappa shape index (κ1) is 51.1. The summed E-state index contributed by atoms with van der Waals surface area (Å²) in [5.74, 6) is -0.358. The number of hydrogen-bond acceptors (Lipinski definition) is 9. The molecule has 0 aromatic rings. The maximum atomic E-state index is 12.7. The molecule has 1 heterocycles. The van der Waals surface area contributed by atoms with Crippen molar-refractivity contribution in [3.8, 4) is 0 Å². The number of esters is 1. The molecule has 318 valence electrons. The van der Waals surface area contributed by atoms with Crippen molar-refractivity contribution in [1.29, 1.82) is 0 Å². The molecule has 1 fully saturated rings. The Morgan fingerprint density at radius 3 is 1.54 bits per heavy atom. The highest BCUT2D eigenvalue weighted by atomic mass is 16.7. The van der Waals surface area contributed by atoms with Gasteiger partial charge in [-0.3, -0.25) is 4.79 Å². The normalized spacial score (nSPS) is 21.6. The molecule has 0 spiro atoms. The minimum Gasteiger partial charge on any atom is -0.457 e. The van der Waals surface area contributed by atoms with E-state index < -0.39 is 43.4 Å². The number of carbonyl (C=O) groups excluding carboxylic acids is 1. The van der Waals surface area contributed by atoms with Gasteiger partial charge in [-0.25, -0.2) is 0 Å². The van der Waals surface area contributed by atoms with Crippen molar-refractivity contribution < 1.29 is 44.2 Å². The van der Waals surface area contributed by atoms with Gasteiger partial charge in [-0.15, -0.1) is 0 Å². The molecule has 0 aromatic heterocycles. The average molecular weight is 785 g/mol. The molecule has 0 bridgehead atoms.